The van der Waals surface area contributed by atoms with Crippen molar-refractivity contribution in [2.24, 2.45) is 0 Å². The van der Waals surface area contributed by atoms with Crippen LogP contribution in [0, 0.1) is 0 Å². The molecule has 1 aromatic carbocycles. The predicted molar refractivity (Wildman–Crippen MR) is 84.1 cm³/mol. The summed E-state index contributed by atoms with van der Waals surface area (Å²) in [6.45, 7) is 3.69. The van der Waals surface area contributed by atoms with Crippen molar-refractivity contribution >= 4 is 11.6 Å². The summed E-state index contributed by atoms with van der Waals surface area (Å²) in [5.74, 6) is 0. The number of halogens is 1. The highest BCUT2D eigenvalue weighted by Gasteiger charge is 2.03. The highest BCUT2D eigenvalue weighted by atomic mass is 35.5. The molecule has 1 aromatic heterocycles. The quantitative estimate of drug-likeness (QED) is 0.799. The van der Waals surface area contributed by atoms with Gasteiger partial charge in [-0.25, -0.2) is 0 Å². The largest absolute Gasteiger partial charge is 0.322 e. The molecule has 4 heteroatoms. The zero-order valence-electron chi connectivity index (χ0n) is 11.6. The summed E-state index contributed by atoms with van der Waals surface area (Å²) >= 11 is 5.86. The van der Waals surface area contributed by atoms with Gasteiger partial charge in [0.15, 0.2) is 0 Å². The van der Waals surface area contributed by atoms with Gasteiger partial charge in [-0.05, 0) is 36.7 Å². The Morgan fingerprint density at radius 2 is 1.90 bits per heavy atom. The first-order chi connectivity index (χ1) is 9.70. The minimum absolute atomic E-state index is 0.0403. The van der Waals surface area contributed by atoms with E-state index in [2.05, 4.69) is 17.2 Å². The molecule has 0 aliphatic rings. The molecule has 0 saturated carbocycles. The van der Waals surface area contributed by atoms with E-state index in [0.717, 1.165) is 36.2 Å². The summed E-state index contributed by atoms with van der Waals surface area (Å²) in [5, 5.41) is 3.96. The van der Waals surface area contributed by atoms with Crippen LogP contribution in [-0.4, -0.2) is 11.5 Å². The SMILES string of the molecule is CCCCNCc1ccc(-c2ccc(Cl)cc2)[nH]c1=O. The lowest BCUT2D eigenvalue weighted by Crippen LogP contribution is -2.21. The maximum absolute atomic E-state index is 12.0. The van der Waals surface area contributed by atoms with Crippen LogP contribution >= 0.6 is 11.6 Å². The van der Waals surface area contributed by atoms with E-state index < -0.39 is 0 Å². The topological polar surface area (TPSA) is 44.9 Å². The number of hydrogen-bond acceptors (Lipinski definition) is 2. The van der Waals surface area contributed by atoms with Gasteiger partial charge in [0.25, 0.3) is 5.56 Å². The Morgan fingerprint density at radius 3 is 2.55 bits per heavy atom. The fourth-order valence-electron chi connectivity index (χ4n) is 1.97. The van der Waals surface area contributed by atoms with E-state index in [0.29, 0.717) is 11.6 Å². The molecule has 106 valence electrons. The number of hydrogen-bond donors (Lipinski definition) is 2. The molecule has 0 atom stereocenters. The first-order valence-electron chi connectivity index (χ1n) is 6.89. The molecule has 0 aliphatic heterocycles. The number of rotatable bonds is 6. The summed E-state index contributed by atoms with van der Waals surface area (Å²) in [4.78, 5) is 14.9. The van der Waals surface area contributed by atoms with Gasteiger partial charge < -0.3 is 10.3 Å². The number of unbranched alkanes of at least 4 members (excludes halogenated alkanes) is 1. The van der Waals surface area contributed by atoms with Gasteiger partial charge in [-0.1, -0.05) is 43.1 Å². The van der Waals surface area contributed by atoms with Crippen molar-refractivity contribution in [3.05, 3.63) is 57.3 Å². The van der Waals surface area contributed by atoms with E-state index in [1.165, 1.54) is 0 Å². The Balaban J connectivity index is 2.09. The van der Waals surface area contributed by atoms with Crippen LogP contribution in [0.2, 0.25) is 5.02 Å². The van der Waals surface area contributed by atoms with E-state index in [9.17, 15) is 4.79 Å². The molecule has 0 fully saturated rings. The number of H-pyrrole nitrogens is 1. The predicted octanol–water partition coefficient (Wildman–Crippen LogP) is 3.59. The number of pyridine rings is 1. The summed E-state index contributed by atoms with van der Waals surface area (Å²) < 4.78 is 0. The molecule has 0 spiro atoms. The standard InChI is InChI=1S/C16H19ClN2O/c1-2-3-10-18-11-13-6-9-15(19-16(13)20)12-4-7-14(17)8-5-12/h4-9,18H,2-3,10-11H2,1H3,(H,19,20). The first-order valence-corrected chi connectivity index (χ1v) is 7.27. The molecule has 1 heterocycles. The molecular formula is C16H19ClN2O. The van der Waals surface area contributed by atoms with Gasteiger partial charge in [0.2, 0.25) is 0 Å². The van der Waals surface area contributed by atoms with Gasteiger partial charge in [-0.2, -0.15) is 0 Å². The molecule has 0 bridgehead atoms. The van der Waals surface area contributed by atoms with Crippen LogP contribution < -0.4 is 10.9 Å². The molecule has 2 N–H and O–H groups in total. The number of nitrogens with one attached hydrogen (secondary N) is 2. The van der Waals surface area contributed by atoms with Gasteiger partial charge in [0.1, 0.15) is 0 Å². The van der Waals surface area contributed by atoms with Gasteiger partial charge in [-0.3, -0.25) is 4.79 Å². The van der Waals surface area contributed by atoms with Crippen LogP contribution in [0.5, 0.6) is 0 Å². The molecule has 2 rings (SSSR count). The van der Waals surface area contributed by atoms with Gasteiger partial charge in [-0.15, -0.1) is 0 Å². The van der Waals surface area contributed by atoms with Gasteiger partial charge in [0, 0.05) is 22.8 Å². The summed E-state index contributed by atoms with van der Waals surface area (Å²) in [6.07, 6.45) is 2.28. The monoisotopic (exact) mass is 290 g/mol. The van der Waals surface area contributed by atoms with Crippen LogP contribution in [0.3, 0.4) is 0 Å². The van der Waals surface area contributed by atoms with E-state index in [-0.39, 0.29) is 5.56 Å². The van der Waals surface area contributed by atoms with Crippen molar-refractivity contribution < 1.29 is 0 Å². The van der Waals surface area contributed by atoms with Crippen LogP contribution in [0.15, 0.2) is 41.2 Å². The Kier molecular flexibility index (Phi) is 5.39. The summed E-state index contributed by atoms with van der Waals surface area (Å²) in [5.41, 5.74) is 2.49. The second-order valence-electron chi connectivity index (χ2n) is 4.76. The Bertz CT molecular complexity index is 605. The lowest BCUT2D eigenvalue weighted by atomic mass is 10.1. The Hall–Kier alpha value is -1.58. The van der Waals surface area contributed by atoms with Crippen molar-refractivity contribution in [1.29, 1.82) is 0 Å². The molecule has 3 nitrogen and oxygen atoms in total. The molecular weight excluding hydrogens is 272 g/mol. The van der Waals surface area contributed by atoms with Crippen molar-refractivity contribution in [3.8, 4) is 11.3 Å². The molecule has 0 aliphatic carbocycles. The van der Waals surface area contributed by atoms with Crippen LogP contribution in [-0.2, 0) is 6.54 Å². The summed E-state index contributed by atoms with van der Waals surface area (Å²) in [6, 6.07) is 11.2. The van der Waals surface area contributed by atoms with Crippen LogP contribution in [0.25, 0.3) is 11.3 Å². The normalized spacial score (nSPS) is 10.7. The maximum Gasteiger partial charge on any atom is 0.252 e. The second-order valence-corrected chi connectivity index (χ2v) is 5.20. The summed E-state index contributed by atoms with van der Waals surface area (Å²) in [7, 11) is 0. The van der Waals surface area contributed by atoms with E-state index >= 15 is 0 Å². The molecule has 0 amide bonds. The molecule has 0 radical (unpaired) electrons. The van der Waals surface area contributed by atoms with Gasteiger partial charge >= 0.3 is 0 Å². The third-order valence-corrected chi connectivity index (χ3v) is 3.42. The number of aromatic amines is 1. The number of aromatic nitrogens is 1. The zero-order chi connectivity index (χ0) is 14.4. The minimum atomic E-state index is -0.0403. The zero-order valence-corrected chi connectivity index (χ0v) is 12.3. The van der Waals surface area contributed by atoms with Gasteiger partial charge in [0.05, 0.1) is 0 Å². The average molecular weight is 291 g/mol. The smallest absolute Gasteiger partial charge is 0.252 e. The third kappa shape index (κ3) is 3.95. The fraction of sp³-hybridized carbons (Fsp3) is 0.312. The van der Waals surface area contributed by atoms with Crippen LogP contribution in [0.1, 0.15) is 25.3 Å². The Labute approximate surface area is 124 Å². The van der Waals surface area contributed by atoms with Crippen LogP contribution in [0.4, 0.5) is 0 Å². The number of benzene rings is 1. The molecule has 20 heavy (non-hydrogen) atoms. The average Bonchev–Trinajstić information content (AvgIpc) is 2.46. The Morgan fingerprint density at radius 1 is 1.15 bits per heavy atom. The van der Waals surface area contributed by atoms with Crippen molar-refractivity contribution in [3.63, 3.8) is 0 Å². The maximum atomic E-state index is 12.0. The lowest BCUT2D eigenvalue weighted by Gasteiger charge is -2.06. The second kappa shape index (κ2) is 7.27. The fourth-order valence-corrected chi connectivity index (χ4v) is 2.09. The highest BCUT2D eigenvalue weighted by molar-refractivity contribution is 6.30. The third-order valence-electron chi connectivity index (χ3n) is 3.17. The molecule has 2 aromatic rings. The van der Waals surface area contributed by atoms with E-state index in [1.54, 1.807) is 0 Å². The minimum Gasteiger partial charge on any atom is -0.322 e. The molecule has 0 saturated heterocycles. The molecule has 0 unspecified atom stereocenters. The lowest BCUT2D eigenvalue weighted by molar-refractivity contribution is 0.638. The van der Waals surface area contributed by atoms with Crippen molar-refractivity contribution in [1.82, 2.24) is 10.3 Å². The highest BCUT2D eigenvalue weighted by Crippen LogP contribution is 2.18. The first kappa shape index (κ1) is 14.8. The van der Waals surface area contributed by atoms with E-state index in [1.807, 2.05) is 36.4 Å². The van der Waals surface area contributed by atoms with Crippen molar-refractivity contribution in [2.75, 3.05) is 6.54 Å². The van der Waals surface area contributed by atoms with E-state index in [4.69, 9.17) is 11.6 Å². The van der Waals surface area contributed by atoms with Crippen molar-refractivity contribution in [2.45, 2.75) is 26.3 Å².